The van der Waals surface area contributed by atoms with Gasteiger partial charge in [0.05, 0.1) is 5.56 Å². The highest BCUT2D eigenvalue weighted by Gasteiger charge is 2.22. The smallest absolute Gasteiger partial charge is 0.341 e. The molecule has 130 valence electrons. The monoisotopic (exact) mass is 344 g/mol. The molecule has 6 nitrogen and oxygen atoms in total. The summed E-state index contributed by atoms with van der Waals surface area (Å²) in [6, 6.07) is 13.7. The number of nitrogens with one attached hydrogen (secondary N) is 2. The third-order valence-electron chi connectivity index (χ3n) is 3.28. The second-order valence-electron chi connectivity index (χ2n) is 5.18. The van der Waals surface area contributed by atoms with E-state index in [-0.39, 0.29) is 12.1 Å². The lowest BCUT2D eigenvalue weighted by molar-refractivity contribution is -0.127. The van der Waals surface area contributed by atoms with Crippen LogP contribution in [-0.4, -0.2) is 24.0 Å². The summed E-state index contributed by atoms with van der Waals surface area (Å²) in [6.07, 6.45) is -1.26. The Morgan fingerprint density at radius 3 is 2.36 bits per heavy atom. The van der Waals surface area contributed by atoms with Crippen molar-refractivity contribution in [3.8, 4) is 0 Å². The molecule has 1 atom stereocenters. The van der Waals surface area contributed by atoms with Gasteiger partial charge in [-0.3, -0.25) is 10.1 Å². The van der Waals surface area contributed by atoms with Gasteiger partial charge in [0.2, 0.25) is 0 Å². The van der Waals surface area contributed by atoms with Crippen molar-refractivity contribution in [1.29, 1.82) is 0 Å². The first-order valence-corrected chi connectivity index (χ1v) is 7.55. The molecule has 0 unspecified atom stereocenters. The minimum Gasteiger partial charge on any atom is -0.449 e. The van der Waals surface area contributed by atoms with Gasteiger partial charge in [-0.05, 0) is 24.6 Å². The van der Waals surface area contributed by atoms with Crippen LogP contribution in [0.4, 0.5) is 9.18 Å². The van der Waals surface area contributed by atoms with Crippen LogP contribution < -0.4 is 10.6 Å². The summed E-state index contributed by atoms with van der Waals surface area (Å²) in [6.45, 7) is 1.53. The van der Waals surface area contributed by atoms with Crippen LogP contribution in [0, 0.1) is 5.82 Å². The van der Waals surface area contributed by atoms with Crippen molar-refractivity contribution < 1.29 is 23.5 Å². The molecule has 0 saturated carbocycles. The number of carbonyl (C=O) groups is 3. The summed E-state index contributed by atoms with van der Waals surface area (Å²) in [4.78, 5) is 35.4. The Labute approximate surface area is 144 Å². The Hall–Kier alpha value is -3.22. The van der Waals surface area contributed by atoms with Crippen molar-refractivity contribution in [2.24, 2.45) is 0 Å². The third-order valence-corrected chi connectivity index (χ3v) is 3.28. The molecule has 0 heterocycles. The maximum absolute atomic E-state index is 13.5. The molecular formula is C18H17FN2O4. The largest absolute Gasteiger partial charge is 0.449 e. The number of esters is 1. The van der Waals surface area contributed by atoms with Crippen LogP contribution in [0.2, 0.25) is 0 Å². The van der Waals surface area contributed by atoms with E-state index in [1.165, 1.54) is 25.1 Å². The molecule has 0 saturated heterocycles. The van der Waals surface area contributed by atoms with Crippen molar-refractivity contribution in [2.45, 2.75) is 19.6 Å². The molecule has 0 spiro atoms. The van der Waals surface area contributed by atoms with E-state index >= 15 is 0 Å². The average Bonchev–Trinajstić information content (AvgIpc) is 2.61. The fourth-order valence-corrected chi connectivity index (χ4v) is 1.94. The number of imide groups is 1. The first-order chi connectivity index (χ1) is 12.0. The van der Waals surface area contributed by atoms with Crippen LogP contribution in [0.1, 0.15) is 22.8 Å². The van der Waals surface area contributed by atoms with Gasteiger partial charge in [0.15, 0.2) is 6.10 Å². The molecule has 25 heavy (non-hydrogen) atoms. The van der Waals surface area contributed by atoms with Gasteiger partial charge in [-0.1, -0.05) is 42.5 Å². The molecule has 2 rings (SSSR count). The number of urea groups is 1. The molecule has 0 fully saturated rings. The second-order valence-corrected chi connectivity index (χ2v) is 5.18. The van der Waals surface area contributed by atoms with Gasteiger partial charge in [-0.2, -0.15) is 0 Å². The van der Waals surface area contributed by atoms with Crippen LogP contribution in [0.3, 0.4) is 0 Å². The summed E-state index contributed by atoms with van der Waals surface area (Å²) in [5, 5.41) is 4.57. The topological polar surface area (TPSA) is 84.5 Å². The number of ether oxygens (including phenoxy) is 1. The third kappa shape index (κ3) is 5.42. The zero-order chi connectivity index (χ0) is 18.2. The number of hydrogen-bond donors (Lipinski definition) is 2. The van der Waals surface area contributed by atoms with Crippen molar-refractivity contribution in [2.75, 3.05) is 0 Å². The quantitative estimate of drug-likeness (QED) is 0.816. The van der Waals surface area contributed by atoms with Crippen molar-refractivity contribution in [1.82, 2.24) is 10.6 Å². The zero-order valence-electron chi connectivity index (χ0n) is 13.5. The van der Waals surface area contributed by atoms with Gasteiger partial charge < -0.3 is 10.1 Å². The highest BCUT2D eigenvalue weighted by atomic mass is 19.1. The average molecular weight is 344 g/mol. The lowest BCUT2D eigenvalue weighted by Crippen LogP contribution is -2.44. The summed E-state index contributed by atoms with van der Waals surface area (Å²) >= 11 is 0. The lowest BCUT2D eigenvalue weighted by Gasteiger charge is -2.13. The van der Waals surface area contributed by atoms with Crippen LogP contribution in [0.25, 0.3) is 0 Å². The SMILES string of the molecule is C[C@@H](OC(=O)c1ccccc1F)C(=O)NC(=O)NCc1ccccc1. The van der Waals surface area contributed by atoms with Crippen molar-refractivity contribution >= 4 is 17.9 Å². The van der Waals surface area contributed by atoms with E-state index in [0.717, 1.165) is 11.6 Å². The van der Waals surface area contributed by atoms with E-state index in [0.29, 0.717) is 0 Å². The molecule has 2 aromatic rings. The van der Waals surface area contributed by atoms with E-state index < -0.39 is 29.8 Å². The summed E-state index contributed by atoms with van der Waals surface area (Å²) in [5.74, 6) is -2.54. The summed E-state index contributed by atoms with van der Waals surface area (Å²) in [7, 11) is 0. The highest BCUT2D eigenvalue weighted by molar-refractivity contribution is 5.98. The van der Waals surface area contributed by atoms with Gasteiger partial charge in [0.1, 0.15) is 5.82 Å². The van der Waals surface area contributed by atoms with E-state index in [9.17, 15) is 18.8 Å². The number of halogens is 1. The predicted molar refractivity (Wildman–Crippen MR) is 88.1 cm³/mol. The molecule has 0 radical (unpaired) electrons. The number of hydrogen-bond acceptors (Lipinski definition) is 4. The Bertz CT molecular complexity index is 765. The molecule has 7 heteroatoms. The number of rotatable bonds is 5. The second kappa shape index (κ2) is 8.58. The molecule has 0 aliphatic rings. The molecule has 0 bridgehead atoms. The van der Waals surface area contributed by atoms with Gasteiger partial charge >= 0.3 is 12.0 Å². The molecule has 3 amide bonds. The van der Waals surface area contributed by atoms with Crippen LogP contribution in [0.15, 0.2) is 54.6 Å². The number of benzene rings is 2. The Balaban J connectivity index is 1.82. The summed E-state index contributed by atoms with van der Waals surface area (Å²) < 4.78 is 18.4. The van der Waals surface area contributed by atoms with E-state index in [4.69, 9.17) is 4.74 Å². The molecule has 2 aromatic carbocycles. The van der Waals surface area contributed by atoms with Crippen LogP contribution in [0.5, 0.6) is 0 Å². The van der Waals surface area contributed by atoms with Crippen molar-refractivity contribution in [3.05, 3.63) is 71.5 Å². The highest BCUT2D eigenvalue weighted by Crippen LogP contribution is 2.09. The maximum Gasteiger partial charge on any atom is 0.341 e. The maximum atomic E-state index is 13.5. The standard InChI is InChI=1S/C18H17FN2O4/c1-12(25-17(23)14-9-5-6-10-15(14)19)16(22)21-18(24)20-11-13-7-3-2-4-8-13/h2-10,12H,11H2,1H3,(H2,20,21,22,24)/t12-/m1/s1. The zero-order valence-corrected chi connectivity index (χ0v) is 13.5. The Morgan fingerprint density at radius 1 is 1.04 bits per heavy atom. The van der Waals surface area contributed by atoms with Gasteiger partial charge in [0, 0.05) is 6.54 Å². The van der Waals surface area contributed by atoms with E-state index in [2.05, 4.69) is 10.6 Å². The minimum atomic E-state index is -1.26. The predicted octanol–water partition coefficient (Wildman–Crippen LogP) is 2.40. The molecular weight excluding hydrogens is 327 g/mol. The first kappa shape index (κ1) is 18.1. The fraction of sp³-hybridized carbons (Fsp3) is 0.167. The van der Waals surface area contributed by atoms with E-state index in [1.54, 1.807) is 0 Å². The first-order valence-electron chi connectivity index (χ1n) is 7.55. The molecule has 0 aliphatic carbocycles. The lowest BCUT2D eigenvalue weighted by atomic mass is 10.2. The number of carbonyl (C=O) groups excluding carboxylic acids is 3. The fourth-order valence-electron chi connectivity index (χ4n) is 1.94. The minimum absolute atomic E-state index is 0.239. The summed E-state index contributed by atoms with van der Waals surface area (Å²) in [5.41, 5.74) is 0.583. The number of amides is 3. The van der Waals surface area contributed by atoms with Crippen LogP contribution in [-0.2, 0) is 16.1 Å². The van der Waals surface area contributed by atoms with Gasteiger partial charge in [-0.25, -0.2) is 14.0 Å². The molecule has 0 aromatic heterocycles. The Morgan fingerprint density at radius 2 is 1.68 bits per heavy atom. The Kier molecular flexibility index (Phi) is 6.22. The molecule has 0 aliphatic heterocycles. The van der Waals surface area contributed by atoms with Gasteiger partial charge in [-0.15, -0.1) is 0 Å². The van der Waals surface area contributed by atoms with Crippen LogP contribution >= 0.6 is 0 Å². The molecule has 2 N–H and O–H groups in total. The normalized spacial score (nSPS) is 11.3. The van der Waals surface area contributed by atoms with Gasteiger partial charge in [0.25, 0.3) is 5.91 Å². The van der Waals surface area contributed by atoms with E-state index in [1.807, 2.05) is 30.3 Å². The van der Waals surface area contributed by atoms with Crippen molar-refractivity contribution in [3.63, 3.8) is 0 Å².